The fourth-order valence-electron chi connectivity index (χ4n) is 2.42. The predicted octanol–water partition coefficient (Wildman–Crippen LogP) is 3.47. The fraction of sp³-hybridized carbons (Fsp3) is 0.200. The number of nitrogens with zero attached hydrogens (tertiary/aromatic N) is 3. The van der Waals surface area contributed by atoms with Gasteiger partial charge in [0.05, 0.1) is 5.75 Å². The lowest BCUT2D eigenvalue weighted by atomic mass is 10.1. The van der Waals surface area contributed by atoms with Crippen LogP contribution >= 0.6 is 11.8 Å². The molecule has 0 unspecified atom stereocenters. The number of ketones is 1. The summed E-state index contributed by atoms with van der Waals surface area (Å²) in [7, 11) is 1.78. The lowest BCUT2D eigenvalue weighted by molar-refractivity contribution is -0.113. The van der Waals surface area contributed by atoms with Crippen molar-refractivity contribution in [2.45, 2.75) is 18.7 Å². The highest BCUT2D eigenvalue weighted by atomic mass is 32.2. The van der Waals surface area contributed by atoms with Crippen molar-refractivity contribution in [1.82, 2.24) is 14.8 Å². The number of rotatable bonds is 8. The van der Waals surface area contributed by atoms with Crippen LogP contribution in [0.2, 0.25) is 0 Å². The maximum absolute atomic E-state index is 12.9. The van der Waals surface area contributed by atoms with Crippen LogP contribution < -0.4 is 10.1 Å². The number of hydrogen-bond acceptors (Lipinski definition) is 6. The molecular weight excluding hydrogens is 395 g/mol. The van der Waals surface area contributed by atoms with E-state index in [1.807, 2.05) is 0 Å². The Kier molecular flexibility index (Phi) is 6.61. The topological polar surface area (TPSA) is 86.1 Å². The SMILES string of the molecule is CC(=O)c1cccc(NC(=O)CSc2nnc(COc3ccc(F)cc3)n2C)c1. The van der Waals surface area contributed by atoms with Crippen LogP contribution in [0.15, 0.2) is 53.7 Å². The maximum Gasteiger partial charge on any atom is 0.234 e. The van der Waals surface area contributed by atoms with Gasteiger partial charge in [-0.1, -0.05) is 23.9 Å². The van der Waals surface area contributed by atoms with E-state index in [-0.39, 0.29) is 29.9 Å². The molecule has 3 aromatic rings. The molecule has 150 valence electrons. The molecule has 9 heteroatoms. The predicted molar refractivity (Wildman–Crippen MR) is 108 cm³/mol. The monoisotopic (exact) mass is 414 g/mol. The third-order valence-corrected chi connectivity index (χ3v) is 5.01. The Morgan fingerprint density at radius 1 is 1.17 bits per heavy atom. The average molecular weight is 414 g/mol. The Hall–Kier alpha value is -3.20. The van der Waals surface area contributed by atoms with Gasteiger partial charge in [0, 0.05) is 18.3 Å². The molecule has 0 aliphatic heterocycles. The molecule has 0 radical (unpaired) electrons. The van der Waals surface area contributed by atoms with E-state index in [9.17, 15) is 14.0 Å². The first kappa shape index (κ1) is 20.5. The number of Topliss-reactive ketones (excluding diaryl/α,β-unsaturated/α-hetero) is 1. The summed E-state index contributed by atoms with van der Waals surface area (Å²) in [5.74, 6) is 0.616. The number of anilines is 1. The van der Waals surface area contributed by atoms with Gasteiger partial charge >= 0.3 is 0 Å². The molecule has 0 atom stereocenters. The number of aromatic nitrogens is 3. The number of hydrogen-bond donors (Lipinski definition) is 1. The van der Waals surface area contributed by atoms with Crippen molar-refractivity contribution in [3.05, 3.63) is 65.7 Å². The molecular formula is C20H19FN4O3S. The number of thioether (sulfide) groups is 1. The lowest BCUT2D eigenvalue weighted by Gasteiger charge is -2.07. The van der Waals surface area contributed by atoms with Crippen molar-refractivity contribution < 1.29 is 18.7 Å². The minimum atomic E-state index is -0.332. The van der Waals surface area contributed by atoms with Crippen molar-refractivity contribution in [1.29, 1.82) is 0 Å². The van der Waals surface area contributed by atoms with E-state index in [0.29, 0.717) is 28.0 Å². The quantitative estimate of drug-likeness (QED) is 0.449. The largest absolute Gasteiger partial charge is 0.486 e. The minimum absolute atomic E-state index is 0.0649. The van der Waals surface area contributed by atoms with E-state index in [4.69, 9.17) is 4.74 Å². The Morgan fingerprint density at radius 3 is 2.66 bits per heavy atom. The van der Waals surface area contributed by atoms with E-state index >= 15 is 0 Å². The summed E-state index contributed by atoms with van der Waals surface area (Å²) in [6, 6.07) is 12.5. The lowest BCUT2D eigenvalue weighted by Crippen LogP contribution is -2.15. The summed E-state index contributed by atoms with van der Waals surface area (Å²) < 4.78 is 20.2. The second kappa shape index (κ2) is 9.33. The van der Waals surface area contributed by atoms with Crippen molar-refractivity contribution in [2.75, 3.05) is 11.1 Å². The normalized spacial score (nSPS) is 10.6. The Morgan fingerprint density at radius 2 is 1.93 bits per heavy atom. The third kappa shape index (κ3) is 5.64. The summed E-state index contributed by atoms with van der Waals surface area (Å²) in [5.41, 5.74) is 1.10. The van der Waals surface area contributed by atoms with Gasteiger partial charge < -0.3 is 14.6 Å². The molecule has 7 nitrogen and oxygen atoms in total. The van der Waals surface area contributed by atoms with E-state index in [2.05, 4.69) is 15.5 Å². The molecule has 29 heavy (non-hydrogen) atoms. The van der Waals surface area contributed by atoms with Gasteiger partial charge in [-0.2, -0.15) is 0 Å². The third-order valence-electron chi connectivity index (χ3n) is 3.99. The molecule has 0 spiro atoms. The van der Waals surface area contributed by atoms with Gasteiger partial charge in [0.15, 0.2) is 16.8 Å². The number of amides is 1. The van der Waals surface area contributed by atoms with E-state index in [0.717, 1.165) is 0 Å². The summed E-state index contributed by atoms with van der Waals surface area (Å²) in [5, 5.41) is 11.5. The molecule has 1 N–H and O–H groups in total. The van der Waals surface area contributed by atoms with E-state index in [1.165, 1.54) is 43.0 Å². The number of carbonyl (C=O) groups is 2. The number of ether oxygens (including phenoxy) is 1. The number of benzene rings is 2. The maximum atomic E-state index is 12.9. The average Bonchev–Trinajstić information content (AvgIpc) is 3.06. The van der Waals surface area contributed by atoms with Gasteiger partial charge in [0.1, 0.15) is 18.2 Å². The van der Waals surface area contributed by atoms with Crippen LogP contribution in [0.25, 0.3) is 0 Å². The standard InChI is InChI=1S/C20H19FN4O3S/c1-13(26)14-4-3-5-16(10-14)22-19(27)12-29-20-24-23-18(25(20)2)11-28-17-8-6-15(21)7-9-17/h3-10H,11-12H2,1-2H3,(H,22,27). The van der Waals surface area contributed by atoms with Crippen LogP contribution in [0.4, 0.5) is 10.1 Å². The molecule has 1 amide bonds. The molecule has 0 saturated carbocycles. The zero-order valence-corrected chi connectivity index (χ0v) is 16.7. The first-order valence-corrected chi connectivity index (χ1v) is 9.71. The van der Waals surface area contributed by atoms with Crippen LogP contribution in [0.5, 0.6) is 5.75 Å². The second-order valence-electron chi connectivity index (χ2n) is 6.17. The second-order valence-corrected chi connectivity index (χ2v) is 7.12. The molecule has 1 heterocycles. The summed E-state index contributed by atoms with van der Waals surface area (Å²) in [6.45, 7) is 1.64. The van der Waals surface area contributed by atoms with Crippen molar-refractivity contribution in [3.63, 3.8) is 0 Å². The first-order chi connectivity index (χ1) is 13.9. The highest BCUT2D eigenvalue weighted by Crippen LogP contribution is 2.18. The summed E-state index contributed by atoms with van der Waals surface area (Å²) in [6.07, 6.45) is 0. The Bertz CT molecular complexity index is 1020. The first-order valence-electron chi connectivity index (χ1n) is 8.72. The Balaban J connectivity index is 1.53. The van der Waals surface area contributed by atoms with Gasteiger partial charge in [0.2, 0.25) is 5.91 Å². The van der Waals surface area contributed by atoms with Gasteiger partial charge in [-0.15, -0.1) is 10.2 Å². The smallest absolute Gasteiger partial charge is 0.234 e. The van der Waals surface area contributed by atoms with Crippen LogP contribution in [0.3, 0.4) is 0 Å². The molecule has 0 saturated heterocycles. The van der Waals surface area contributed by atoms with E-state index < -0.39 is 0 Å². The van der Waals surface area contributed by atoms with E-state index in [1.54, 1.807) is 35.9 Å². The van der Waals surface area contributed by atoms with Crippen LogP contribution in [-0.4, -0.2) is 32.2 Å². The molecule has 0 aliphatic rings. The highest BCUT2D eigenvalue weighted by Gasteiger charge is 2.12. The fourth-order valence-corrected chi connectivity index (χ4v) is 3.15. The number of carbonyl (C=O) groups excluding carboxylic acids is 2. The molecule has 0 bridgehead atoms. The Labute approximate surface area is 171 Å². The van der Waals surface area contributed by atoms with Crippen molar-refractivity contribution in [3.8, 4) is 5.75 Å². The van der Waals surface area contributed by atoms with Gasteiger partial charge in [-0.05, 0) is 43.3 Å². The zero-order valence-electron chi connectivity index (χ0n) is 15.9. The van der Waals surface area contributed by atoms with Crippen LogP contribution in [-0.2, 0) is 18.4 Å². The van der Waals surface area contributed by atoms with Gasteiger partial charge in [0.25, 0.3) is 0 Å². The van der Waals surface area contributed by atoms with Gasteiger partial charge in [-0.3, -0.25) is 9.59 Å². The molecule has 0 aliphatic carbocycles. The minimum Gasteiger partial charge on any atom is -0.486 e. The van der Waals surface area contributed by atoms with Crippen LogP contribution in [0.1, 0.15) is 23.1 Å². The number of halogens is 1. The van der Waals surface area contributed by atoms with Crippen molar-refractivity contribution in [2.24, 2.45) is 7.05 Å². The molecule has 3 rings (SSSR count). The van der Waals surface area contributed by atoms with Gasteiger partial charge in [-0.25, -0.2) is 4.39 Å². The molecule has 0 fully saturated rings. The molecule has 1 aromatic heterocycles. The zero-order chi connectivity index (χ0) is 20.8. The number of nitrogens with one attached hydrogen (secondary N) is 1. The molecule has 2 aromatic carbocycles. The van der Waals surface area contributed by atoms with Crippen LogP contribution in [0, 0.1) is 5.82 Å². The summed E-state index contributed by atoms with van der Waals surface area (Å²) >= 11 is 1.23. The highest BCUT2D eigenvalue weighted by molar-refractivity contribution is 7.99. The van der Waals surface area contributed by atoms with Crippen molar-refractivity contribution >= 4 is 29.1 Å². The summed E-state index contributed by atoms with van der Waals surface area (Å²) in [4.78, 5) is 23.6.